The molecule has 1 aromatic rings. The summed E-state index contributed by atoms with van der Waals surface area (Å²) < 4.78 is 17.3. The molecule has 0 aliphatic heterocycles. The maximum Gasteiger partial charge on any atom is 0.404 e. The van der Waals surface area contributed by atoms with Crippen molar-refractivity contribution < 1.29 is 13.9 Å². The lowest BCUT2D eigenvalue weighted by Gasteiger charge is -2.03. The number of ether oxygens (including phenoxy) is 1. The first-order valence-corrected chi connectivity index (χ1v) is 4.05. The number of carbonyl (C=O) groups is 1. The molecule has 5 heteroatoms. The molecule has 0 saturated carbocycles. The van der Waals surface area contributed by atoms with Crippen LogP contribution in [-0.4, -0.2) is 12.7 Å². The van der Waals surface area contributed by atoms with Gasteiger partial charge in [0.25, 0.3) is 0 Å². The minimum absolute atomic E-state index is 0.123. The highest BCUT2D eigenvalue weighted by Gasteiger charge is 2.00. The molecule has 0 atom stereocenters. The normalized spacial score (nSPS) is 9.79. The third-order valence-electron chi connectivity index (χ3n) is 1.61. The largest absolute Gasteiger partial charge is 0.449 e. The summed E-state index contributed by atoms with van der Waals surface area (Å²) in [6.45, 7) is 0.123. The molecule has 1 rings (SSSR count). The zero-order valence-electron chi connectivity index (χ0n) is 7.50. The van der Waals surface area contributed by atoms with Crippen LogP contribution in [0.2, 0.25) is 0 Å². The van der Waals surface area contributed by atoms with Gasteiger partial charge < -0.3 is 16.2 Å². The minimum Gasteiger partial charge on any atom is -0.449 e. The third-order valence-corrected chi connectivity index (χ3v) is 1.61. The van der Waals surface area contributed by atoms with Crippen LogP contribution in [0.1, 0.15) is 5.56 Å². The molecule has 4 nitrogen and oxygen atoms in total. The Hall–Kier alpha value is -1.78. The number of halogens is 1. The van der Waals surface area contributed by atoms with Gasteiger partial charge in [0.2, 0.25) is 0 Å². The van der Waals surface area contributed by atoms with Crippen molar-refractivity contribution in [2.45, 2.75) is 6.42 Å². The predicted octanol–water partition coefficient (Wildman–Crippen LogP) is 1.05. The minimum atomic E-state index is -0.839. The summed E-state index contributed by atoms with van der Waals surface area (Å²) in [5.74, 6) is -0.404. The number of anilines is 1. The van der Waals surface area contributed by atoms with Crippen LogP contribution in [0.15, 0.2) is 18.2 Å². The highest BCUT2D eigenvalue weighted by Crippen LogP contribution is 2.11. The SMILES string of the molecule is NC(=O)OCCc1cc(N)cc(F)c1. The van der Waals surface area contributed by atoms with Gasteiger partial charge in [0, 0.05) is 12.1 Å². The van der Waals surface area contributed by atoms with E-state index in [-0.39, 0.29) is 6.61 Å². The Bertz CT molecular complexity index is 321. The third kappa shape index (κ3) is 3.30. The lowest BCUT2D eigenvalue weighted by atomic mass is 10.1. The molecule has 0 aromatic heterocycles. The number of nitrogen functional groups attached to an aromatic ring is 1. The summed E-state index contributed by atoms with van der Waals surface area (Å²) in [5, 5.41) is 0. The van der Waals surface area contributed by atoms with Crippen LogP contribution < -0.4 is 11.5 Å². The lowest BCUT2D eigenvalue weighted by Crippen LogP contribution is -2.14. The van der Waals surface area contributed by atoms with Crippen molar-refractivity contribution in [3.8, 4) is 0 Å². The van der Waals surface area contributed by atoms with Crippen molar-refractivity contribution >= 4 is 11.8 Å². The number of benzene rings is 1. The first-order valence-electron chi connectivity index (χ1n) is 4.05. The summed E-state index contributed by atoms with van der Waals surface area (Å²) >= 11 is 0. The Morgan fingerprint density at radius 1 is 1.43 bits per heavy atom. The van der Waals surface area contributed by atoms with Crippen LogP contribution in [-0.2, 0) is 11.2 Å². The van der Waals surface area contributed by atoms with Crippen molar-refractivity contribution in [2.24, 2.45) is 5.73 Å². The van der Waals surface area contributed by atoms with Crippen LogP contribution in [0.5, 0.6) is 0 Å². The van der Waals surface area contributed by atoms with Crippen molar-refractivity contribution in [3.05, 3.63) is 29.6 Å². The maximum atomic E-state index is 12.8. The fourth-order valence-electron chi connectivity index (χ4n) is 1.09. The Kier molecular flexibility index (Phi) is 3.28. The average Bonchev–Trinajstić information content (AvgIpc) is 2.01. The number of rotatable bonds is 3. The molecule has 1 aromatic carbocycles. The zero-order chi connectivity index (χ0) is 10.6. The summed E-state index contributed by atoms with van der Waals surface area (Å²) in [7, 11) is 0. The second-order valence-electron chi connectivity index (χ2n) is 2.81. The summed E-state index contributed by atoms with van der Waals surface area (Å²) in [4.78, 5) is 10.2. The van der Waals surface area contributed by atoms with E-state index in [1.165, 1.54) is 12.1 Å². The highest BCUT2D eigenvalue weighted by molar-refractivity contribution is 5.64. The standard InChI is InChI=1S/C9H11FN2O2/c10-7-3-6(4-8(11)5-7)1-2-14-9(12)13/h3-5H,1-2,11H2,(H2,12,13). The molecular formula is C9H11FN2O2. The molecule has 0 bridgehead atoms. The summed E-state index contributed by atoms with van der Waals surface area (Å²) in [5.41, 5.74) is 11.2. The van der Waals surface area contributed by atoms with E-state index in [0.717, 1.165) is 0 Å². The monoisotopic (exact) mass is 198 g/mol. The molecule has 0 spiro atoms. The molecule has 0 aliphatic rings. The number of amides is 1. The number of hydrogen-bond donors (Lipinski definition) is 2. The first-order chi connectivity index (χ1) is 6.58. The van der Waals surface area contributed by atoms with Gasteiger partial charge in [0.05, 0.1) is 6.61 Å². The van der Waals surface area contributed by atoms with Gasteiger partial charge in [-0.1, -0.05) is 0 Å². The van der Waals surface area contributed by atoms with E-state index in [4.69, 9.17) is 11.5 Å². The van der Waals surface area contributed by atoms with Gasteiger partial charge in [-0.2, -0.15) is 0 Å². The second kappa shape index (κ2) is 4.45. The van der Waals surface area contributed by atoms with Gasteiger partial charge in [-0.05, 0) is 23.8 Å². The fraction of sp³-hybridized carbons (Fsp3) is 0.222. The van der Waals surface area contributed by atoms with Gasteiger partial charge in [0.15, 0.2) is 0 Å². The molecule has 0 unspecified atom stereocenters. The predicted molar refractivity (Wildman–Crippen MR) is 50.1 cm³/mol. The van der Waals surface area contributed by atoms with Crippen LogP contribution in [0.25, 0.3) is 0 Å². The highest BCUT2D eigenvalue weighted by atomic mass is 19.1. The van der Waals surface area contributed by atoms with Gasteiger partial charge in [-0.3, -0.25) is 0 Å². The topological polar surface area (TPSA) is 78.3 Å². The molecular weight excluding hydrogens is 187 g/mol. The van der Waals surface area contributed by atoms with Gasteiger partial charge >= 0.3 is 6.09 Å². The van der Waals surface area contributed by atoms with Crippen LogP contribution >= 0.6 is 0 Å². The molecule has 14 heavy (non-hydrogen) atoms. The zero-order valence-corrected chi connectivity index (χ0v) is 7.50. The van der Waals surface area contributed by atoms with Crippen LogP contribution in [0, 0.1) is 5.82 Å². The number of carbonyl (C=O) groups excluding carboxylic acids is 1. The van der Waals surface area contributed by atoms with Crippen molar-refractivity contribution in [1.29, 1.82) is 0 Å². The Morgan fingerprint density at radius 2 is 2.14 bits per heavy atom. The molecule has 0 saturated heterocycles. The molecule has 1 amide bonds. The molecule has 76 valence electrons. The Balaban J connectivity index is 2.54. The van der Waals surface area contributed by atoms with Crippen molar-refractivity contribution in [3.63, 3.8) is 0 Å². The molecule has 0 fully saturated rings. The summed E-state index contributed by atoms with van der Waals surface area (Å²) in [6.07, 6.45) is -0.445. The summed E-state index contributed by atoms with van der Waals surface area (Å²) in [6, 6.07) is 4.17. The number of hydrogen-bond acceptors (Lipinski definition) is 3. The number of nitrogens with two attached hydrogens (primary N) is 2. The van der Waals surface area contributed by atoms with E-state index in [1.54, 1.807) is 6.07 Å². The van der Waals surface area contributed by atoms with E-state index >= 15 is 0 Å². The lowest BCUT2D eigenvalue weighted by molar-refractivity contribution is 0.158. The quantitative estimate of drug-likeness (QED) is 0.712. The van der Waals surface area contributed by atoms with E-state index < -0.39 is 11.9 Å². The van der Waals surface area contributed by atoms with Gasteiger partial charge in [0.1, 0.15) is 5.82 Å². The van der Waals surface area contributed by atoms with Crippen molar-refractivity contribution in [1.82, 2.24) is 0 Å². The van der Waals surface area contributed by atoms with E-state index in [1.807, 2.05) is 0 Å². The van der Waals surface area contributed by atoms with E-state index in [0.29, 0.717) is 17.7 Å². The molecule has 0 heterocycles. The molecule has 0 aliphatic carbocycles. The Morgan fingerprint density at radius 3 is 2.71 bits per heavy atom. The van der Waals surface area contributed by atoms with E-state index in [2.05, 4.69) is 4.74 Å². The second-order valence-corrected chi connectivity index (χ2v) is 2.81. The maximum absolute atomic E-state index is 12.8. The van der Waals surface area contributed by atoms with Gasteiger partial charge in [-0.25, -0.2) is 9.18 Å². The van der Waals surface area contributed by atoms with E-state index in [9.17, 15) is 9.18 Å². The van der Waals surface area contributed by atoms with Crippen LogP contribution in [0.4, 0.5) is 14.9 Å². The fourth-order valence-corrected chi connectivity index (χ4v) is 1.09. The van der Waals surface area contributed by atoms with Crippen molar-refractivity contribution in [2.75, 3.05) is 12.3 Å². The average molecular weight is 198 g/mol. The number of primary amides is 1. The Labute approximate surface area is 80.6 Å². The van der Waals surface area contributed by atoms with Crippen LogP contribution in [0.3, 0.4) is 0 Å². The first kappa shape index (κ1) is 10.3. The molecule has 4 N–H and O–H groups in total. The van der Waals surface area contributed by atoms with Gasteiger partial charge in [-0.15, -0.1) is 0 Å². The molecule has 0 radical (unpaired) electrons. The smallest absolute Gasteiger partial charge is 0.404 e.